The van der Waals surface area contributed by atoms with Crippen LogP contribution in [0.1, 0.15) is 5.37 Å². The van der Waals surface area contributed by atoms with Crippen LogP contribution >= 0.6 is 11.8 Å². The van der Waals surface area contributed by atoms with E-state index >= 15 is 0 Å². The Morgan fingerprint density at radius 3 is 2.85 bits per heavy atom. The van der Waals surface area contributed by atoms with Crippen LogP contribution in [-0.4, -0.2) is 58.9 Å². The molecule has 1 saturated heterocycles. The molecule has 9 nitrogen and oxygen atoms in total. The van der Waals surface area contributed by atoms with Gasteiger partial charge in [0.15, 0.2) is 11.2 Å². The van der Waals surface area contributed by atoms with Crippen molar-refractivity contribution in [1.82, 2.24) is 19.5 Å². The lowest BCUT2D eigenvalue weighted by molar-refractivity contribution is 0.0113. The Balaban J connectivity index is 2.09. The van der Waals surface area contributed by atoms with Gasteiger partial charge in [0, 0.05) is 0 Å². The van der Waals surface area contributed by atoms with Crippen LogP contribution in [0.5, 0.6) is 0 Å². The summed E-state index contributed by atoms with van der Waals surface area (Å²) in [5.41, 5.74) is 5.37. The number of hydrogen-bond acceptors (Lipinski definition) is 8. The van der Waals surface area contributed by atoms with Crippen molar-refractivity contribution in [1.29, 1.82) is 0 Å². The first-order valence-corrected chi connectivity index (χ1v) is 6.82. The highest BCUT2D eigenvalue weighted by Crippen LogP contribution is 2.42. The summed E-state index contributed by atoms with van der Waals surface area (Å²) in [6.07, 6.45) is -0.802. The summed E-state index contributed by atoms with van der Waals surface area (Å²) in [7, 11) is 0. The second kappa shape index (κ2) is 4.74. The van der Waals surface area contributed by atoms with Crippen molar-refractivity contribution >= 4 is 28.9 Å². The second-order valence-electron chi connectivity index (χ2n) is 4.50. The van der Waals surface area contributed by atoms with Crippen molar-refractivity contribution in [2.75, 3.05) is 12.3 Å². The lowest BCUT2D eigenvalue weighted by Gasteiger charge is -2.16. The minimum atomic E-state index is -1.10. The van der Waals surface area contributed by atoms with Crippen molar-refractivity contribution in [2.45, 2.75) is 22.8 Å². The lowest BCUT2D eigenvalue weighted by atomic mass is 10.1. The Labute approximate surface area is 116 Å². The van der Waals surface area contributed by atoms with Gasteiger partial charge < -0.3 is 21.1 Å². The fourth-order valence-electron chi connectivity index (χ4n) is 2.24. The number of nitrogens with one attached hydrogen (secondary N) is 1. The topological polar surface area (TPSA) is 150 Å². The highest BCUT2D eigenvalue weighted by atomic mass is 32.2. The molecule has 0 saturated carbocycles. The largest absolute Gasteiger partial charge is 0.395 e. The first-order chi connectivity index (χ1) is 9.52. The second-order valence-corrected chi connectivity index (χ2v) is 5.86. The standard InChI is InChI=1S/C10H13N5O4S/c11-10-13-7-4(8(19)14-10)12-2-15(7)9-6(18)5(17)3(1-16)20-9/h2-3,5-6,9,16-18H,1H2,(H3,11,13,14,19)/t3-,5-,6+,9-/m0/s1. The SMILES string of the molecule is Nc1nc2c(ncn2[C@H]2S[C@@H](CO)[C@H](O)[C@H]2O)c(=O)[nH]1. The summed E-state index contributed by atoms with van der Waals surface area (Å²) >= 11 is 1.19. The number of aromatic amines is 1. The number of hydrogen-bond donors (Lipinski definition) is 5. The molecule has 0 radical (unpaired) electrons. The molecule has 6 N–H and O–H groups in total. The number of rotatable bonds is 2. The predicted octanol–water partition coefficient (Wildman–Crippen LogP) is -1.97. The molecule has 0 aliphatic carbocycles. The smallest absolute Gasteiger partial charge is 0.280 e. The van der Waals surface area contributed by atoms with Crippen molar-refractivity contribution in [3.05, 3.63) is 16.7 Å². The number of H-pyrrole nitrogens is 1. The van der Waals surface area contributed by atoms with Gasteiger partial charge in [0.2, 0.25) is 5.95 Å². The molecule has 0 aromatic carbocycles. The predicted molar refractivity (Wildman–Crippen MR) is 72.1 cm³/mol. The summed E-state index contributed by atoms with van der Waals surface area (Å²) in [5, 5.41) is 27.9. The van der Waals surface area contributed by atoms with Crippen LogP contribution in [0.25, 0.3) is 11.2 Å². The van der Waals surface area contributed by atoms with Crippen molar-refractivity contribution < 1.29 is 15.3 Å². The van der Waals surface area contributed by atoms with E-state index in [1.807, 2.05) is 0 Å². The van der Waals surface area contributed by atoms with E-state index in [0.717, 1.165) is 0 Å². The Morgan fingerprint density at radius 1 is 1.45 bits per heavy atom. The van der Waals surface area contributed by atoms with Crippen LogP contribution in [0.4, 0.5) is 5.95 Å². The molecule has 2 aromatic rings. The summed E-state index contributed by atoms with van der Waals surface area (Å²) in [6.45, 7) is -0.262. The van der Waals surface area contributed by atoms with Gasteiger partial charge in [-0.25, -0.2) is 4.98 Å². The number of fused-ring (bicyclic) bond motifs is 1. The third-order valence-electron chi connectivity index (χ3n) is 3.24. The average molecular weight is 299 g/mol. The molecule has 1 fully saturated rings. The number of aliphatic hydroxyl groups is 3. The molecule has 0 bridgehead atoms. The van der Waals surface area contributed by atoms with Crippen molar-refractivity contribution in [2.24, 2.45) is 0 Å². The molecule has 0 unspecified atom stereocenters. The molecule has 0 spiro atoms. The quantitative estimate of drug-likeness (QED) is 0.428. The van der Waals surface area contributed by atoms with E-state index in [1.165, 1.54) is 22.7 Å². The molecule has 20 heavy (non-hydrogen) atoms. The van der Waals surface area contributed by atoms with Crippen LogP contribution in [0.3, 0.4) is 0 Å². The van der Waals surface area contributed by atoms with E-state index in [1.54, 1.807) is 0 Å². The van der Waals surface area contributed by atoms with Gasteiger partial charge in [-0.05, 0) is 0 Å². The molecular weight excluding hydrogens is 286 g/mol. The summed E-state index contributed by atoms with van der Waals surface area (Å²) in [5.74, 6) is -0.0546. The molecule has 1 aliphatic rings. The molecule has 2 aromatic heterocycles. The summed E-state index contributed by atoms with van der Waals surface area (Å²) in [6, 6.07) is 0. The molecule has 108 valence electrons. The zero-order valence-electron chi connectivity index (χ0n) is 10.2. The number of anilines is 1. The zero-order chi connectivity index (χ0) is 14.4. The monoisotopic (exact) mass is 299 g/mol. The van der Waals surface area contributed by atoms with E-state index in [4.69, 9.17) is 10.8 Å². The van der Waals surface area contributed by atoms with Gasteiger partial charge in [-0.2, -0.15) is 4.98 Å². The third kappa shape index (κ3) is 1.88. The van der Waals surface area contributed by atoms with E-state index in [-0.39, 0.29) is 23.7 Å². The van der Waals surface area contributed by atoms with Gasteiger partial charge in [-0.3, -0.25) is 14.3 Å². The van der Waals surface area contributed by atoms with Crippen LogP contribution < -0.4 is 11.3 Å². The van der Waals surface area contributed by atoms with E-state index in [0.29, 0.717) is 0 Å². The molecule has 10 heteroatoms. The van der Waals surface area contributed by atoms with Gasteiger partial charge in [-0.1, -0.05) is 0 Å². The summed E-state index contributed by atoms with van der Waals surface area (Å²) < 4.78 is 1.48. The maximum atomic E-state index is 11.7. The van der Waals surface area contributed by atoms with E-state index < -0.39 is 28.4 Å². The minimum absolute atomic E-state index is 0.0546. The number of nitrogen functional groups attached to an aromatic ring is 1. The maximum absolute atomic E-state index is 11.7. The average Bonchev–Trinajstić information content (AvgIpc) is 2.93. The van der Waals surface area contributed by atoms with Crippen LogP contribution in [0.2, 0.25) is 0 Å². The van der Waals surface area contributed by atoms with Crippen molar-refractivity contribution in [3.8, 4) is 0 Å². The van der Waals surface area contributed by atoms with Gasteiger partial charge in [0.1, 0.15) is 11.5 Å². The number of imidazole rings is 1. The van der Waals surface area contributed by atoms with Crippen LogP contribution in [0.15, 0.2) is 11.1 Å². The molecule has 3 heterocycles. The van der Waals surface area contributed by atoms with Crippen LogP contribution in [-0.2, 0) is 0 Å². The molecule has 0 amide bonds. The number of aliphatic hydroxyl groups excluding tert-OH is 3. The summed E-state index contributed by atoms with van der Waals surface area (Å²) in [4.78, 5) is 22.0. The number of aromatic nitrogens is 4. The normalized spacial score (nSPS) is 30.1. The third-order valence-corrected chi connectivity index (χ3v) is 4.80. The van der Waals surface area contributed by atoms with E-state index in [2.05, 4.69) is 15.0 Å². The van der Waals surface area contributed by atoms with Crippen molar-refractivity contribution in [3.63, 3.8) is 0 Å². The first-order valence-electron chi connectivity index (χ1n) is 5.87. The van der Waals surface area contributed by atoms with Crippen LogP contribution in [0, 0.1) is 0 Å². The zero-order valence-corrected chi connectivity index (χ0v) is 11.0. The lowest BCUT2D eigenvalue weighted by Crippen LogP contribution is -2.32. The highest BCUT2D eigenvalue weighted by molar-refractivity contribution is 8.00. The Bertz CT molecular complexity index is 701. The fourth-order valence-corrected chi connectivity index (χ4v) is 3.61. The highest BCUT2D eigenvalue weighted by Gasteiger charge is 2.43. The van der Waals surface area contributed by atoms with Gasteiger partial charge >= 0.3 is 0 Å². The Hall–Kier alpha value is -1.62. The maximum Gasteiger partial charge on any atom is 0.280 e. The first kappa shape index (κ1) is 13.4. The Morgan fingerprint density at radius 2 is 2.20 bits per heavy atom. The number of nitrogens with two attached hydrogens (primary N) is 1. The molecule has 3 rings (SSSR count). The number of thioether (sulfide) groups is 1. The Kier molecular flexibility index (Phi) is 3.17. The molecule has 1 aliphatic heterocycles. The van der Waals surface area contributed by atoms with Gasteiger partial charge in [-0.15, -0.1) is 11.8 Å². The fraction of sp³-hybridized carbons (Fsp3) is 0.500. The van der Waals surface area contributed by atoms with E-state index in [9.17, 15) is 15.0 Å². The minimum Gasteiger partial charge on any atom is -0.395 e. The van der Waals surface area contributed by atoms with Gasteiger partial charge in [0.05, 0.1) is 24.3 Å². The van der Waals surface area contributed by atoms with Gasteiger partial charge in [0.25, 0.3) is 5.56 Å². The molecule has 4 atom stereocenters. The molecular formula is C10H13N5O4S. The number of nitrogens with zero attached hydrogens (tertiary/aromatic N) is 3.